The number of amides is 4. The van der Waals surface area contributed by atoms with Crippen LogP contribution in [0, 0.1) is 0 Å². The number of nitrogens with one attached hydrogen (secondary N) is 4. The molecule has 0 saturated carbocycles. The zero-order valence-corrected chi connectivity index (χ0v) is 49.3. The molecule has 78 heavy (non-hydrogen) atoms. The van der Waals surface area contributed by atoms with Gasteiger partial charge in [-0.05, 0) is 108 Å². The molecule has 4 N–H and O–H groups in total. The molecule has 0 aromatic heterocycles. The Morgan fingerprint density at radius 3 is 0.551 bits per heavy atom. The van der Waals surface area contributed by atoms with E-state index < -0.39 is 0 Å². The quantitative estimate of drug-likeness (QED) is 0.0261. The lowest BCUT2D eigenvalue weighted by Crippen LogP contribution is -2.11. The third-order valence-electron chi connectivity index (χ3n) is 15.1. The monoisotopic (exact) mass is 1060 g/mol. The maximum atomic E-state index is 13.2. The third-order valence-corrected chi connectivity index (χ3v) is 15.1. The molecule has 4 amide bonds. The van der Waals surface area contributed by atoms with E-state index in [1.807, 2.05) is 48.5 Å². The molecule has 4 aromatic carbocycles. The average Bonchev–Trinajstić information content (AvgIpc) is 3.55. The maximum Gasteiger partial charge on any atom is 0.224 e. The highest BCUT2D eigenvalue weighted by molar-refractivity contribution is 6.06. The molecule has 0 atom stereocenters. The van der Waals surface area contributed by atoms with E-state index in [4.69, 9.17) is 0 Å². The van der Waals surface area contributed by atoms with E-state index in [9.17, 15) is 19.2 Å². The first-order chi connectivity index (χ1) is 38.2. The van der Waals surface area contributed by atoms with Gasteiger partial charge in [0.1, 0.15) is 0 Å². The standard InChI is InChI=1S/C70H104N4O4/c1-5-9-13-17-21-25-29-33-37-65(75)71-61-49-41-57(42-50-61)69(58-43-51-62(52-44-58)72-66(76)38-34-30-26-22-18-14-10-6-2)70(59-45-53-63(54-46-59)73-67(77)39-35-31-27-23-19-15-11-7-3)60-47-55-64(56-48-60)74-68(78)40-36-32-28-24-20-16-12-8-4/h41-56H,5-40H2,1-4H3,(H,71,75)(H,72,76)(H,73,77)(H,74,78). The smallest absolute Gasteiger partial charge is 0.224 e. The van der Waals surface area contributed by atoms with Gasteiger partial charge in [0.25, 0.3) is 0 Å². The molecule has 0 bridgehead atoms. The van der Waals surface area contributed by atoms with Gasteiger partial charge in [-0.2, -0.15) is 0 Å². The number of anilines is 4. The highest BCUT2D eigenvalue weighted by Gasteiger charge is 2.19. The van der Waals surface area contributed by atoms with Crippen LogP contribution in [0.4, 0.5) is 22.7 Å². The summed E-state index contributed by atoms with van der Waals surface area (Å²) >= 11 is 0. The van der Waals surface area contributed by atoms with Crippen LogP contribution < -0.4 is 21.3 Å². The SMILES string of the molecule is CCCCCCCCCCC(=O)Nc1ccc(C(=C(c2ccc(NC(=O)CCCCCCCCCC)cc2)c2ccc(NC(=O)CCCCCCCCCC)cc2)c2ccc(NC(=O)CCCCCCCCCC)cc2)cc1. The predicted molar refractivity (Wildman–Crippen MR) is 334 cm³/mol. The number of rotatable bonds is 44. The lowest BCUT2D eigenvalue weighted by Gasteiger charge is -2.20. The van der Waals surface area contributed by atoms with Crippen LogP contribution in [0.1, 0.15) is 281 Å². The minimum Gasteiger partial charge on any atom is -0.326 e. The number of carbonyl (C=O) groups is 4. The Bertz CT molecular complexity index is 1950. The van der Waals surface area contributed by atoms with Gasteiger partial charge >= 0.3 is 0 Å². The first-order valence-corrected chi connectivity index (χ1v) is 31.6. The molecule has 428 valence electrons. The summed E-state index contributed by atoms with van der Waals surface area (Å²) in [6, 6.07) is 32.4. The first kappa shape index (κ1) is 65.0. The molecule has 0 unspecified atom stereocenters. The minimum absolute atomic E-state index is 0.0280. The van der Waals surface area contributed by atoms with Crippen molar-refractivity contribution in [2.24, 2.45) is 0 Å². The van der Waals surface area contributed by atoms with Gasteiger partial charge < -0.3 is 21.3 Å². The average molecular weight is 1070 g/mol. The van der Waals surface area contributed by atoms with E-state index >= 15 is 0 Å². The normalized spacial score (nSPS) is 11.1. The highest BCUT2D eigenvalue weighted by Crippen LogP contribution is 2.39. The van der Waals surface area contributed by atoms with Gasteiger partial charge in [-0.3, -0.25) is 19.2 Å². The summed E-state index contributed by atoms with van der Waals surface area (Å²) in [5, 5.41) is 12.6. The second-order valence-corrected chi connectivity index (χ2v) is 22.2. The Balaban J connectivity index is 1.63. The molecule has 0 fully saturated rings. The zero-order chi connectivity index (χ0) is 55.7. The number of hydrogen-bond donors (Lipinski definition) is 4. The minimum atomic E-state index is 0.0280. The molecule has 0 spiro atoms. The molecule has 0 saturated heterocycles. The Kier molecular flexibility index (Phi) is 34.6. The van der Waals surface area contributed by atoms with Crippen LogP contribution in [0.25, 0.3) is 11.1 Å². The second-order valence-electron chi connectivity index (χ2n) is 22.2. The summed E-state index contributed by atoms with van der Waals surface area (Å²) in [4.78, 5) is 52.7. The fraction of sp³-hybridized carbons (Fsp3) is 0.571. The molecule has 0 aliphatic heterocycles. The Hall–Kier alpha value is -5.50. The number of unbranched alkanes of at least 4 members (excludes halogenated alkanes) is 28. The number of hydrogen-bond acceptors (Lipinski definition) is 4. The van der Waals surface area contributed by atoms with E-state index in [-0.39, 0.29) is 23.6 Å². The van der Waals surface area contributed by atoms with Gasteiger partial charge in [0.15, 0.2) is 0 Å². The molecule has 0 aliphatic carbocycles. The molecule has 4 rings (SSSR count). The highest BCUT2D eigenvalue weighted by atomic mass is 16.2. The molecule has 0 aliphatic rings. The topological polar surface area (TPSA) is 116 Å². The Labute approximate surface area is 474 Å². The van der Waals surface area contributed by atoms with Crippen LogP contribution in [0.15, 0.2) is 97.1 Å². The molecule has 8 heteroatoms. The van der Waals surface area contributed by atoms with E-state index in [0.29, 0.717) is 25.7 Å². The van der Waals surface area contributed by atoms with Crippen molar-refractivity contribution in [3.05, 3.63) is 119 Å². The third kappa shape index (κ3) is 27.9. The van der Waals surface area contributed by atoms with Gasteiger partial charge in [-0.1, -0.05) is 256 Å². The van der Waals surface area contributed by atoms with Crippen LogP contribution >= 0.6 is 0 Å². The van der Waals surface area contributed by atoms with Crippen molar-refractivity contribution >= 4 is 57.5 Å². The van der Waals surface area contributed by atoms with Gasteiger partial charge in [0, 0.05) is 48.4 Å². The van der Waals surface area contributed by atoms with E-state index in [0.717, 1.165) is 108 Å². The molecular formula is C70H104N4O4. The summed E-state index contributed by atoms with van der Waals surface area (Å²) in [5.74, 6) is 0.112. The summed E-state index contributed by atoms with van der Waals surface area (Å²) in [6.07, 6.45) is 39.9. The molecule has 0 radical (unpaired) electrons. The lowest BCUT2D eigenvalue weighted by molar-refractivity contribution is -0.117. The van der Waals surface area contributed by atoms with Gasteiger partial charge in [-0.15, -0.1) is 0 Å². The predicted octanol–water partition coefficient (Wildman–Crippen LogP) is 20.6. The lowest BCUT2D eigenvalue weighted by atomic mass is 9.85. The van der Waals surface area contributed by atoms with Crippen molar-refractivity contribution in [3.8, 4) is 0 Å². The fourth-order valence-corrected chi connectivity index (χ4v) is 10.4. The molecule has 0 heterocycles. The van der Waals surface area contributed by atoms with Gasteiger partial charge in [0.05, 0.1) is 0 Å². The Morgan fingerprint density at radius 2 is 0.385 bits per heavy atom. The largest absolute Gasteiger partial charge is 0.326 e. The molecule has 4 aromatic rings. The van der Waals surface area contributed by atoms with Crippen molar-refractivity contribution in [2.75, 3.05) is 21.3 Å². The van der Waals surface area contributed by atoms with Crippen molar-refractivity contribution in [1.29, 1.82) is 0 Å². The van der Waals surface area contributed by atoms with Crippen LogP contribution in [-0.4, -0.2) is 23.6 Å². The van der Waals surface area contributed by atoms with Crippen LogP contribution in [0.3, 0.4) is 0 Å². The molecule has 8 nitrogen and oxygen atoms in total. The van der Waals surface area contributed by atoms with E-state index in [2.05, 4.69) is 97.5 Å². The summed E-state index contributed by atoms with van der Waals surface area (Å²) < 4.78 is 0. The van der Waals surface area contributed by atoms with Crippen molar-refractivity contribution in [2.45, 2.75) is 259 Å². The summed E-state index contributed by atoms with van der Waals surface area (Å²) in [5.41, 5.74) is 8.70. The van der Waals surface area contributed by atoms with Gasteiger partial charge in [0.2, 0.25) is 23.6 Å². The van der Waals surface area contributed by atoms with Crippen LogP contribution in [-0.2, 0) is 19.2 Å². The summed E-state index contributed by atoms with van der Waals surface area (Å²) in [6.45, 7) is 8.96. The number of carbonyl (C=O) groups excluding carboxylic acids is 4. The number of benzene rings is 4. The summed E-state index contributed by atoms with van der Waals surface area (Å²) in [7, 11) is 0. The van der Waals surface area contributed by atoms with E-state index in [1.54, 1.807) is 0 Å². The van der Waals surface area contributed by atoms with Gasteiger partial charge in [-0.25, -0.2) is 0 Å². The van der Waals surface area contributed by atoms with Crippen LogP contribution in [0.2, 0.25) is 0 Å². The second kappa shape index (κ2) is 41.5. The van der Waals surface area contributed by atoms with Crippen molar-refractivity contribution in [3.63, 3.8) is 0 Å². The Morgan fingerprint density at radius 1 is 0.231 bits per heavy atom. The molecular weight excluding hydrogens is 961 g/mol. The maximum absolute atomic E-state index is 13.2. The fourth-order valence-electron chi connectivity index (χ4n) is 10.4. The first-order valence-electron chi connectivity index (χ1n) is 31.6. The van der Waals surface area contributed by atoms with Crippen LogP contribution in [0.5, 0.6) is 0 Å². The van der Waals surface area contributed by atoms with E-state index in [1.165, 1.54) is 154 Å². The van der Waals surface area contributed by atoms with Crippen molar-refractivity contribution < 1.29 is 19.2 Å². The zero-order valence-electron chi connectivity index (χ0n) is 49.3. The van der Waals surface area contributed by atoms with Crippen molar-refractivity contribution in [1.82, 2.24) is 0 Å².